The predicted octanol–water partition coefficient (Wildman–Crippen LogP) is 21.6. The van der Waals surface area contributed by atoms with E-state index in [1.54, 1.807) is 0 Å². The molecule has 0 radical (unpaired) electrons. The number of likely N-dealkylation sites (N-methyl/N-ethyl adjacent to an activating group) is 1. The van der Waals surface area contributed by atoms with E-state index < -0.39 is 32.5 Å². The normalized spacial score (nSPS) is 14.2. The molecule has 2 unspecified atom stereocenters. The molecule has 2 atom stereocenters. The fourth-order valence-corrected chi connectivity index (χ4v) is 9.27. The van der Waals surface area contributed by atoms with Gasteiger partial charge < -0.3 is 18.9 Å². The number of esters is 2. The minimum atomic E-state index is -4.41. The summed E-state index contributed by atoms with van der Waals surface area (Å²) < 4.78 is 34.6. The van der Waals surface area contributed by atoms with Crippen LogP contribution in [-0.2, 0) is 32.7 Å². The third-order valence-corrected chi connectivity index (χ3v) is 14.5. The highest BCUT2D eigenvalue weighted by Gasteiger charge is 2.27. The Balaban J connectivity index is 4.09. The van der Waals surface area contributed by atoms with Gasteiger partial charge in [0.2, 0.25) is 0 Å². The van der Waals surface area contributed by atoms with Gasteiger partial charge >= 0.3 is 19.8 Å². The van der Waals surface area contributed by atoms with E-state index in [0.29, 0.717) is 23.9 Å². The second-order valence-corrected chi connectivity index (χ2v) is 24.2. The molecule has 0 fully saturated rings. The van der Waals surface area contributed by atoms with Gasteiger partial charge in [0.1, 0.15) is 19.8 Å². The Hall–Kier alpha value is -4.37. The Labute approximate surface area is 516 Å². The highest BCUT2D eigenvalue weighted by molar-refractivity contribution is 7.47. The lowest BCUT2D eigenvalue weighted by Crippen LogP contribution is -2.37. The summed E-state index contributed by atoms with van der Waals surface area (Å²) >= 11 is 0. The van der Waals surface area contributed by atoms with Crippen LogP contribution in [0.25, 0.3) is 0 Å². The lowest BCUT2D eigenvalue weighted by Gasteiger charge is -2.24. The van der Waals surface area contributed by atoms with Crippen LogP contribution in [0.5, 0.6) is 0 Å². The molecule has 0 aromatic heterocycles. The van der Waals surface area contributed by atoms with E-state index in [2.05, 4.69) is 172 Å². The molecule has 0 spiro atoms. The summed E-state index contributed by atoms with van der Waals surface area (Å²) in [7, 11) is 1.44. The van der Waals surface area contributed by atoms with Crippen LogP contribution < -0.4 is 0 Å². The van der Waals surface area contributed by atoms with E-state index in [1.807, 2.05) is 21.1 Å². The quantitative estimate of drug-likeness (QED) is 0.0211. The number of rotatable bonds is 59. The molecule has 9 nitrogen and oxygen atoms in total. The van der Waals surface area contributed by atoms with Crippen LogP contribution in [0.1, 0.15) is 245 Å². The van der Waals surface area contributed by atoms with Crippen molar-refractivity contribution in [3.05, 3.63) is 158 Å². The number of quaternary nitrogens is 1. The van der Waals surface area contributed by atoms with Crippen molar-refractivity contribution in [2.24, 2.45) is 0 Å². The van der Waals surface area contributed by atoms with Crippen molar-refractivity contribution in [3.63, 3.8) is 0 Å². The van der Waals surface area contributed by atoms with E-state index in [9.17, 15) is 19.0 Å². The van der Waals surface area contributed by atoms with Crippen LogP contribution in [0.4, 0.5) is 0 Å². The maximum Gasteiger partial charge on any atom is 0.472 e. The number of carbonyl (C=O) groups excluding carboxylic acids is 2. The van der Waals surface area contributed by atoms with Crippen molar-refractivity contribution in [1.82, 2.24) is 0 Å². The van der Waals surface area contributed by atoms with Crippen LogP contribution in [-0.4, -0.2) is 74.9 Å². The van der Waals surface area contributed by atoms with E-state index >= 15 is 0 Å². The van der Waals surface area contributed by atoms with E-state index in [0.717, 1.165) is 116 Å². The number of phosphoric ester groups is 1. The fourth-order valence-electron chi connectivity index (χ4n) is 8.53. The van der Waals surface area contributed by atoms with Gasteiger partial charge in [-0.3, -0.25) is 18.6 Å². The van der Waals surface area contributed by atoms with Gasteiger partial charge in [0.15, 0.2) is 6.10 Å². The van der Waals surface area contributed by atoms with Gasteiger partial charge in [-0.05, 0) is 122 Å². The first-order valence-corrected chi connectivity index (χ1v) is 34.7. The van der Waals surface area contributed by atoms with Crippen LogP contribution in [0.15, 0.2) is 158 Å². The summed E-state index contributed by atoms with van der Waals surface area (Å²) in [5.41, 5.74) is 0. The molecule has 0 aliphatic carbocycles. The number of allylic oxidation sites excluding steroid dienone is 26. The molecule has 0 heterocycles. The molecule has 476 valence electrons. The average molecular weight is 1190 g/mol. The zero-order valence-corrected chi connectivity index (χ0v) is 55.0. The lowest BCUT2D eigenvalue weighted by atomic mass is 10.0. The highest BCUT2D eigenvalue weighted by atomic mass is 31.2. The van der Waals surface area contributed by atoms with Crippen molar-refractivity contribution in [2.45, 2.75) is 251 Å². The minimum Gasteiger partial charge on any atom is -0.462 e. The van der Waals surface area contributed by atoms with Crippen molar-refractivity contribution < 1.29 is 42.1 Å². The monoisotopic (exact) mass is 1180 g/mol. The van der Waals surface area contributed by atoms with Gasteiger partial charge in [-0.2, -0.15) is 0 Å². The van der Waals surface area contributed by atoms with Crippen molar-refractivity contribution in [2.75, 3.05) is 47.5 Å². The maximum atomic E-state index is 12.9. The van der Waals surface area contributed by atoms with Crippen LogP contribution in [0.2, 0.25) is 0 Å². The largest absolute Gasteiger partial charge is 0.472 e. The smallest absolute Gasteiger partial charge is 0.462 e. The number of ether oxygens (including phenoxy) is 2. The van der Waals surface area contributed by atoms with E-state index in [-0.39, 0.29) is 26.1 Å². The molecule has 0 bridgehead atoms. The summed E-state index contributed by atoms with van der Waals surface area (Å²) in [6.07, 6.45) is 94.9. The highest BCUT2D eigenvalue weighted by Crippen LogP contribution is 2.43. The first kappa shape index (κ1) is 79.6. The Bertz CT molecular complexity index is 1970. The Morgan fingerprint density at radius 2 is 0.643 bits per heavy atom. The minimum absolute atomic E-state index is 0.0175. The second-order valence-electron chi connectivity index (χ2n) is 22.7. The first-order chi connectivity index (χ1) is 41.0. The fraction of sp³-hybridized carbons (Fsp3) is 0.622. The number of unbranched alkanes of at least 4 members (excludes halogenated alkanes) is 19. The molecule has 0 saturated carbocycles. The molecule has 0 aliphatic heterocycles. The maximum absolute atomic E-state index is 12.9. The zero-order valence-electron chi connectivity index (χ0n) is 54.1. The molecule has 0 aromatic rings. The molecule has 0 aliphatic rings. The lowest BCUT2D eigenvalue weighted by molar-refractivity contribution is -0.870. The van der Waals surface area contributed by atoms with Gasteiger partial charge in [-0.25, -0.2) is 4.57 Å². The topological polar surface area (TPSA) is 108 Å². The second kappa shape index (κ2) is 63.1. The van der Waals surface area contributed by atoms with E-state index in [4.69, 9.17) is 18.5 Å². The number of hydrogen-bond acceptors (Lipinski definition) is 7. The first-order valence-electron chi connectivity index (χ1n) is 33.2. The standard InChI is InChI=1S/C74H122NO8P/c1-6-8-10-12-14-16-18-20-22-24-26-28-29-30-31-32-33-34-35-36-37-38-39-40-41-42-43-44-45-47-49-51-53-55-57-59-61-63-65-67-74(77)83-72(71-82-84(78,79)81-69-68-75(3,4)5)70-80-73(76)66-64-62-60-58-56-54-52-50-48-46-27-25-23-21-19-17-15-13-11-9-7-2/h8-11,14-17,20-23,26-28,30-31,33-34,36-37,46,50,52,56,58,72H,6-7,12-13,18-19,24-25,29,32,35,38-45,47-49,51,53-55,57,59-71H2,1-5H3/p+1/b10-8-,11-9-,16-14-,17-15-,22-20-,23-21-,28-26-,31-30-,34-33-,37-36-,46-27-,52-50-,58-56-. The Morgan fingerprint density at radius 3 is 0.976 bits per heavy atom. The van der Waals surface area contributed by atoms with Crippen molar-refractivity contribution in [1.29, 1.82) is 0 Å². The molecular weight excluding hydrogens is 1060 g/mol. The number of nitrogens with zero attached hydrogens (tertiary/aromatic N) is 1. The molecular formula is C74H123NO8P+. The zero-order chi connectivity index (χ0) is 61.2. The summed E-state index contributed by atoms with van der Waals surface area (Å²) in [6.45, 7) is 4.15. The third-order valence-electron chi connectivity index (χ3n) is 13.6. The van der Waals surface area contributed by atoms with Crippen LogP contribution in [0.3, 0.4) is 0 Å². The Kier molecular flexibility index (Phi) is 59.9. The van der Waals surface area contributed by atoms with Gasteiger partial charge in [-0.1, -0.05) is 268 Å². The summed E-state index contributed by atoms with van der Waals surface area (Å²) in [6, 6.07) is 0. The van der Waals surface area contributed by atoms with Gasteiger partial charge in [0.05, 0.1) is 27.7 Å². The SMILES string of the molecule is CC/C=C\C/C=C\C/C=C\C/C=C\C/C=C\C/C=C\C/C=C\CCCCCCCCCCCCCCCCCCCC(=O)OC(COC(=O)CCCC/C=C\C/C=C\C/C=C\C/C=C\C/C=C\C/C=C\CC)COP(=O)(O)OCC[N+](C)(C)C. The molecule has 0 amide bonds. The van der Waals surface area contributed by atoms with Gasteiger partial charge in [-0.15, -0.1) is 0 Å². The molecule has 0 aromatic carbocycles. The molecule has 10 heteroatoms. The van der Waals surface area contributed by atoms with Gasteiger partial charge in [0.25, 0.3) is 0 Å². The van der Waals surface area contributed by atoms with Gasteiger partial charge in [0, 0.05) is 12.8 Å². The predicted molar refractivity (Wildman–Crippen MR) is 362 cm³/mol. The summed E-state index contributed by atoms with van der Waals surface area (Å²) in [4.78, 5) is 35.8. The van der Waals surface area contributed by atoms with Crippen LogP contribution in [0, 0.1) is 0 Å². The molecule has 84 heavy (non-hydrogen) atoms. The van der Waals surface area contributed by atoms with E-state index in [1.165, 1.54) is 89.9 Å². The van der Waals surface area contributed by atoms with Crippen molar-refractivity contribution in [3.8, 4) is 0 Å². The Morgan fingerprint density at radius 1 is 0.369 bits per heavy atom. The molecule has 0 saturated heterocycles. The number of carbonyl (C=O) groups is 2. The molecule has 0 rings (SSSR count). The van der Waals surface area contributed by atoms with Crippen LogP contribution >= 0.6 is 7.82 Å². The van der Waals surface area contributed by atoms with Crippen molar-refractivity contribution >= 4 is 19.8 Å². The number of phosphoric acid groups is 1. The average Bonchev–Trinajstić information content (AvgIpc) is 3.61. The summed E-state index contributed by atoms with van der Waals surface area (Å²) in [5, 5.41) is 0. The molecule has 1 N–H and O–H groups in total. The number of hydrogen-bond donors (Lipinski definition) is 1. The third kappa shape index (κ3) is 66.8. The summed E-state index contributed by atoms with van der Waals surface area (Å²) in [5.74, 6) is -0.854.